The van der Waals surface area contributed by atoms with E-state index in [1.807, 2.05) is 0 Å². The maximum Gasteiger partial charge on any atom is -0.0186 e. The van der Waals surface area contributed by atoms with Crippen molar-refractivity contribution in [1.82, 2.24) is 0 Å². The van der Waals surface area contributed by atoms with Gasteiger partial charge in [0.1, 0.15) is 0 Å². The summed E-state index contributed by atoms with van der Waals surface area (Å²) in [5.41, 5.74) is 2.24. The summed E-state index contributed by atoms with van der Waals surface area (Å²) >= 11 is 0. The Bertz CT molecular complexity index is 223. The summed E-state index contributed by atoms with van der Waals surface area (Å²) in [6.07, 6.45) is 12.7. The molecule has 0 aromatic rings. The van der Waals surface area contributed by atoms with Gasteiger partial charge in [-0.3, -0.25) is 0 Å². The third-order valence-corrected chi connectivity index (χ3v) is 12.4. The zero-order chi connectivity index (χ0) is 13.1. The molecule has 0 bridgehead atoms. The molecule has 0 aliphatic carbocycles. The Kier molecular flexibility index (Phi) is 5.96. The van der Waals surface area contributed by atoms with Gasteiger partial charge in [0.2, 0.25) is 0 Å². The Hall–Kier alpha value is 0.860. The van der Waals surface area contributed by atoms with Gasteiger partial charge in [0.15, 0.2) is 0 Å². The van der Waals surface area contributed by atoms with Crippen LogP contribution in [0.3, 0.4) is 0 Å². The molecule has 0 amide bonds. The molecule has 2 aliphatic heterocycles. The SMILES string of the molecule is CC(C)C1CCCP1CCP1CCCC1C(C)C. The zero-order valence-corrected chi connectivity index (χ0v) is 14.6. The Balaban J connectivity index is 1.80. The molecule has 0 spiro atoms. The van der Waals surface area contributed by atoms with Crippen LogP contribution in [-0.2, 0) is 0 Å². The van der Waals surface area contributed by atoms with E-state index >= 15 is 0 Å². The first kappa shape index (κ1) is 15.3. The van der Waals surface area contributed by atoms with Gasteiger partial charge in [-0.15, -0.1) is 15.8 Å². The molecule has 2 heteroatoms. The van der Waals surface area contributed by atoms with Crippen LogP contribution in [0.5, 0.6) is 0 Å². The molecule has 0 aromatic heterocycles. The predicted molar refractivity (Wildman–Crippen MR) is 89.0 cm³/mol. The molecular formula is C16H32P2. The molecule has 4 atom stereocenters. The van der Waals surface area contributed by atoms with Crippen molar-refractivity contribution in [2.24, 2.45) is 11.8 Å². The number of hydrogen-bond acceptors (Lipinski definition) is 0. The van der Waals surface area contributed by atoms with Crippen molar-refractivity contribution in [3.8, 4) is 0 Å². The van der Waals surface area contributed by atoms with E-state index in [0.29, 0.717) is 15.8 Å². The van der Waals surface area contributed by atoms with Crippen LogP contribution >= 0.6 is 15.8 Å². The molecule has 4 unspecified atom stereocenters. The highest BCUT2D eigenvalue weighted by atomic mass is 31.1. The van der Waals surface area contributed by atoms with Gasteiger partial charge in [0.25, 0.3) is 0 Å². The van der Waals surface area contributed by atoms with E-state index in [-0.39, 0.29) is 0 Å². The minimum Gasteiger partial charge on any atom is -0.103 e. The second kappa shape index (κ2) is 7.04. The fourth-order valence-corrected chi connectivity index (χ4v) is 11.8. The minimum atomic E-state index is 0.414. The summed E-state index contributed by atoms with van der Waals surface area (Å²) in [7, 11) is 0.827. The van der Waals surface area contributed by atoms with Crippen molar-refractivity contribution in [2.75, 3.05) is 24.6 Å². The van der Waals surface area contributed by atoms with E-state index < -0.39 is 0 Å². The highest BCUT2D eigenvalue weighted by Crippen LogP contribution is 2.58. The third kappa shape index (κ3) is 3.70. The lowest BCUT2D eigenvalue weighted by molar-refractivity contribution is 0.581. The normalized spacial score (nSPS) is 37.0. The standard InChI is InChI=1S/C16H32P2/c1-13(2)15-7-5-9-17(15)11-12-18-10-6-8-16(18)14(3)4/h13-16H,5-12H2,1-4H3. The van der Waals surface area contributed by atoms with Gasteiger partial charge in [-0.05, 0) is 73.5 Å². The lowest BCUT2D eigenvalue weighted by Crippen LogP contribution is -2.14. The summed E-state index contributed by atoms with van der Waals surface area (Å²) in [5.74, 6) is 1.91. The van der Waals surface area contributed by atoms with Crippen molar-refractivity contribution in [1.29, 1.82) is 0 Å². The molecule has 2 saturated heterocycles. The van der Waals surface area contributed by atoms with Crippen LogP contribution in [0.4, 0.5) is 0 Å². The maximum atomic E-state index is 2.46. The Morgan fingerprint density at radius 1 is 0.778 bits per heavy atom. The maximum absolute atomic E-state index is 2.46. The smallest absolute Gasteiger partial charge is 0.0186 e. The van der Waals surface area contributed by atoms with Crippen molar-refractivity contribution in [2.45, 2.75) is 64.7 Å². The monoisotopic (exact) mass is 286 g/mol. The van der Waals surface area contributed by atoms with Gasteiger partial charge in [0, 0.05) is 0 Å². The molecule has 0 aromatic carbocycles. The second-order valence-corrected chi connectivity index (χ2v) is 12.4. The largest absolute Gasteiger partial charge is 0.103 e. The van der Waals surface area contributed by atoms with Crippen molar-refractivity contribution < 1.29 is 0 Å². The van der Waals surface area contributed by atoms with Crippen LogP contribution in [0.1, 0.15) is 53.4 Å². The Morgan fingerprint density at radius 3 is 1.50 bits per heavy atom. The molecule has 0 saturated carbocycles. The van der Waals surface area contributed by atoms with Gasteiger partial charge < -0.3 is 0 Å². The Morgan fingerprint density at radius 2 is 1.17 bits per heavy atom. The molecule has 2 aliphatic rings. The lowest BCUT2D eigenvalue weighted by atomic mass is 10.1. The van der Waals surface area contributed by atoms with Gasteiger partial charge in [0.05, 0.1) is 0 Å². The summed E-state index contributed by atoms with van der Waals surface area (Å²) in [6, 6.07) is 0. The van der Waals surface area contributed by atoms with Gasteiger partial charge in [-0.1, -0.05) is 27.7 Å². The number of rotatable bonds is 5. The van der Waals surface area contributed by atoms with Crippen molar-refractivity contribution in [3.63, 3.8) is 0 Å². The topological polar surface area (TPSA) is 0 Å². The van der Waals surface area contributed by atoms with Crippen molar-refractivity contribution in [3.05, 3.63) is 0 Å². The van der Waals surface area contributed by atoms with E-state index in [1.54, 1.807) is 50.3 Å². The van der Waals surface area contributed by atoms with E-state index in [4.69, 9.17) is 0 Å². The average molecular weight is 286 g/mol. The molecule has 2 rings (SSSR count). The second-order valence-electron chi connectivity index (χ2n) is 6.98. The molecule has 18 heavy (non-hydrogen) atoms. The van der Waals surface area contributed by atoms with Crippen LogP contribution in [-0.4, -0.2) is 36.0 Å². The van der Waals surface area contributed by atoms with Crippen molar-refractivity contribution >= 4 is 15.8 Å². The highest BCUT2D eigenvalue weighted by Gasteiger charge is 2.32. The minimum absolute atomic E-state index is 0.414. The van der Waals surface area contributed by atoms with Gasteiger partial charge >= 0.3 is 0 Å². The lowest BCUT2D eigenvalue weighted by Gasteiger charge is -2.28. The molecule has 0 nitrogen and oxygen atoms in total. The van der Waals surface area contributed by atoms with Gasteiger partial charge in [-0.2, -0.15) is 0 Å². The van der Waals surface area contributed by atoms with E-state index in [2.05, 4.69) is 27.7 Å². The van der Waals surface area contributed by atoms with Crippen LogP contribution in [0.25, 0.3) is 0 Å². The molecule has 2 fully saturated rings. The highest BCUT2D eigenvalue weighted by molar-refractivity contribution is 7.62. The average Bonchev–Trinajstić information content (AvgIpc) is 2.94. The van der Waals surface area contributed by atoms with E-state index in [1.165, 1.54) is 0 Å². The van der Waals surface area contributed by atoms with Crippen LogP contribution in [0, 0.1) is 11.8 Å². The summed E-state index contributed by atoms with van der Waals surface area (Å²) in [6.45, 7) is 9.85. The quantitative estimate of drug-likeness (QED) is 0.578. The van der Waals surface area contributed by atoms with Gasteiger partial charge in [-0.25, -0.2) is 0 Å². The summed E-state index contributed by atoms with van der Waals surface area (Å²) < 4.78 is 0. The fraction of sp³-hybridized carbons (Fsp3) is 1.00. The van der Waals surface area contributed by atoms with Crippen LogP contribution < -0.4 is 0 Å². The van der Waals surface area contributed by atoms with E-state index in [0.717, 1.165) is 23.2 Å². The molecule has 2 heterocycles. The fourth-order valence-electron chi connectivity index (χ4n) is 4.03. The van der Waals surface area contributed by atoms with Crippen LogP contribution in [0.2, 0.25) is 0 Å². The zero-order valence-electron chi connectivity index (χ0n) is 12.9. The first-order valence-corrected chi connectivity index (χ1v) is 11.6. The molecule has 106 valence electrons. The first-order chi connectivity index (χ1) is 8.59. The van der Waals surface area contributed by atoms with E-state index in [9.17, 15) is 0 Å². The van der Waals surface area contributed by atoms with Crippen LogP contribution in [0.15, 0.2) is 0 Å². The summed E-state index contributed by atoms with van der Waals surface area (Å²) in [4.78, 5) is 0. The first-order valence-electron chi connectivity index (χ1n) is 8.07. The predicted octanol–water partition coefficient (Wildman–Crippen LogP) is 5.59. The number of hydrogen-bond donors (Lipinski definition) is 0. The summed E-state index contributed by atoms with van der Waals surface area (Å²) in [5, 5.41) is 0. The third-order valence-electron chi connectivity index (χ3n) is 5.04. The molecule has 0 N–H and O–H groups in total. The molecule has 0 radical (unpaired) electrons. The Labute approximate surface area is 117 Å². The molecular weight excluding hydrogens is 254 g/mol.